The summed E-state index contributed by atoms with van der Waals surface area (Å²) in [6.45, 7) is 0.856. The van der Waals surface area contributed by atoms with Gasteiger partial charge in [-0.15, -0.1) is 0 Å². The highest BCUT2D eigenvalue weighted by Gasteiger charge is 2.51. The molecule has 0 aromatic heterocycles. The van der Waals surface area contributed by atoms with Crippen molar-refractivity contribution in [2.24, 2.45) is 11.3 Å². The van der Waals surface area contributed by atoms with Crippen molar-refractivity contribution in [2.45, 2.75) is 19.3 Å². The average Bonchev–Trinajstić information content (AvgIpc) is 2.19. The van der Waals surface area contributed by atoms with Crippen molar-refractivity contribution in [1.29, 1.82) is 0 Å². The van der Waals surface area contributed by atoms with Crippen LogP contribution in [0.1, 0.15) is 18.4 Å². The van der Waals surface area contributed by atoms with Gasteiger partial charge in [-0.25, -0.2) is 0 Å². The van der Waals surface area contributed by atoms with Gasteiger partial charge in [-0.2, -0.15) is 0 Å². The van der Waals surface area contributed by atoms with Crippen LogP contribution < -0.4 is 5.32 Å². The zero-order valence-corrected chi connectivity index (χ0v) is 10.6. The van der Waals surface area contributed by atoms with Crippen LogP contribution >= 0.6 is 15.9 Å². The molecule has 4 rings (SSSR count). The summed E-state index contributed by atoms with van der Waals surface area (Å²) in [5, 5.41) is 3.01. The molecule has 1 saturated carbocycles. The van der Waals surface area contributed by atoms with E-state index in [2.05, 4.69) is 39.4 Å². The smallest absolute Gasteiger partial charge is 0.223 e. The lowest BCUT2D eigenvalue weighted by molar-refractivity contribution is -0.140. The zero-order valence-electron chi connectivity index (χ0n) is 9.00. The van der Waals surface area contributed by atoms with Gasteiger partial charge >= 0.3 is 0 Å². The number of nitrogens with one attached hydrogen (secondary N) is 1. The van der Waals surface area contributed by atoms with E-state index in [-0.39, 0.29) is 5.91 Å². The molecule has 2 heterocycles. The van der Waals surface area contributed by atoms with Gasteiger partial charge in [0.1, 0.15) is 0 Å². The van der Waals surface area contributed by atoms with Crippen molar-refractivity contribution in [3.8, 4) is 0 Å². The van der Waals surface area contributed by atoms with Crippen molar-refractivity contribution >= 4 is 21.8 Å². The van der Waals surface area contributed by atoms with E-state index in [0.29, 0.717) is 11.3 Å². The van der Waals surface area contributed by atoms with Gasteiger partial charge in [0.25, 0.3) is 0 Å². The topological polar surface area (TPSA) is 29.1 Å². The van der Waals surface area contributed by atoms with Crippen LogP contribution in [0.2, 0.25) is 0 Å². The Morgan fingerprint density at radius 3 is 2.88 bits per heavy atom. The molecule has 1 aromatic rings. The molecule has 0 unspecified atom stereocenters. The van der Waals surface area contributed by atoms with Crippen LogP contribution in [0.5, 0.6) is 0 Å². The second-order valence-corrected chi connectivity index (χ2v) is 6.05. The minimum Gasteiger partial charge on any atom is -0.355 e. The Hall–Kier alpha value is -0.830. The summed E-state index contributed by atoms with van der Waals surface area (Å²) < 4.78 is 1.14. The van der Waals surface area contributed by atoms with Gasteiger partial charge in [-0.3, -0.25) is 4.79 Å². The summed E-state index contributed by atoms with van der Waals surface area (Å²) in [6.07, 6.45) is 3.24. The highest BCUT2D eigenvalue weighted by Crippen LogP contribution is 2.50. The number of halogens is 1. The van der Waals surface area contributed by atoms with Gasteiger partial charge in [0.2, 0.25) is 5.91 Å². The first-order chi connectivity index (χ1) is 7.67. The van der Waals surface area contributed by atoms with Crippen LogP contribution in [0, 0.1) is 11.3 Å². The Bertz CT molecular complexity index is 432. The normalized spacial score (nSPS) is 31.8. The van der Waals surface area contributed by atoms with Crippen molar-refractivity contribution in [3.05, 3.63) is 34.3 Å². The van der Waals surface area contributed by atoms with Crippen molar-refractivity contribution in [3.63, 3.8) is 0 Å². The van der Waals surface area contributed by atoms with E-state index in [0.717, 1.165) is 30.3 Å². The molecular formula is C13H14BrNO. The lowest BCUT2D eigenvalue weighted by Crippen LogP contribution is -2.58. The lowest BCUT2D eigenvalue weighted by atomic mass is 9.57. The summed E-state index contributed by atoms with van der Waals surface area (Å²) in [6, 6.07) is 8.47. The predicted octanol–water partition coefficient (Wildman–Crippen LogP) is 2.52. The molecule has 16 heavy (non-hydrogen) atoms. The first-order valence-electron chi connectivity index (χ1n) is 5.69. The largest absolute Gasteiger partial charge is 0.355 e. The van der Waals surface area contributed by atoms with Gasteiger partial charge in [0.15, 0.2) is 0 Å². The molecule has 0 atom stereocenters. The molecule has 3 fully saturated rings. The number of hydrogen-bond acceptors (Lipinski definition) is 1. The molecule has 84 valence electrons. The molecule has 0 spiro atoms. The first kappa shape index (κ1) is 10.3. The van der Waals surface area contributed by atoms with Crippen molar-refractivity contribution < 1.29 is 4.79 Å². The predicted molar refractivity (Wildman–Crippen MR) is 66.0 cm³/mol. The van der Waals surface area contributed by atoms with Crippen molar-refractivity contribution in [2.75, 3.05) is 6.54 Å². The van der Waals surface area contributed by atoms with Crippen LogP contribution in [-0.2, 0) is 11.2 Å². The standard InChI is InChI=1S/C13H14BrNO/c14-11-3-1-2-9(4-11)5-13-6-10(7-13)12(16)15-8-13/h1-4,10H,5-8H2,(H,15,16). The van der Waals surface area contributed by atoms with E-state index >= 15 is 0 Å². The molecular weight excluding hydrogens is 266 g/mol. The van der Waals surface area contributed by atoms with Crippen LogP contribution in [-0.4, -0.2) is 12.5 Å². The lowest BCUT2D eigenvalue weighted by Gasteiger charge is -2.51. The Morgan fingerprint density at radius 1 is 1.44 bits per heavy atom. The molecule has 3 heteroatoms. The number of piperidine rings is 2. The Morgan fingerprint density at radius 2 is 2.25 bits per heavy atom. The third-order valence-electron chi connectivity index (χ3n) is 3.84. The summed E-state index contributed by atoms with van der Waals surface area (Å²) in [5.41, 5.74) is 1.71. The van der Waals surface area contributed by atoms with Crippen molar-refractivity contribution in [1.82, 2.24) is 5.32 Å². The number of carbonyl (C=O) groups is 1. The summed E-state index contributed by atoms with van der Waals surface area (Å²) >= 11 is 3.50. The maximum absolute atomic E-state index is 11.4. The summed E-state index contributed by atoms with van der Waals surface area (Å²) in [4.78, 5) is 11.4. The molecule has 1 N–H and O–H groups in total. The van der Waals surface area contributed by atoms with Gasteiger partial charge in [-0.05, 0) is 42.4 Å². The molecule has 1 aromatic carbocycles. The third-order valence-corrected chi connectivity index (χ3v) is 4.33. The SMILES string of the molecule is O=C1NCC2(Cc3cccc(Br)c3)CC1C2. The summed E-state index contributed by atoms with van der Waals surface area (Å²) in [5.74, 6) is 0.553. The van der Waals surface area contributed by atoms with Crippen LogP contribution in [0.15, 0.2) is 28.7 Å². The number of amides is 1. The number of rotatable bonds is 2. The fourth-order valence-corrected chi connectivity index (χ4v) is 3.47. The van der Waals surface area contributed by atoms with E-state index in [1.807, 2.05) is 6.07 Å². The number of hydrogen-bond donors (Lipinski definition) is 1. The molecule has 1 amide bonds. The minimum atomic E-state index is 0.260. The second kappa shape index (κ2) is 3.59. The quantitative estimate of drug-likeness (QED) is 0.886. The molecule has 1 aliphatic carbocycles. The average molecular weight is 280 g/mol. The number of benzene rings is 1. The highest BCUT2D eigenvalue weighted by molar-refractivity contribution is 9.10. The Balaban J connectivity index is 1.75. The maximum Gasteiger partial charge on any atom is 0.223 e. The van der Waals surface area contributed by atoms with Gasteiger partial charge < -0.3 is 5.32 Å². The van der Waals surface area contributed by atoms with Gasteiger partial charge in [-0.1, -0.05) is 28.1 Å². The molecule has 3 aliphatic rings. The van der Waals surface area contributed by atoms with Crippen LogP contribution in [0.25, 0.3) is 0 Å². The Kier molecular flexibility index (Phi) is 2.32. The van der Waals surface area contributed by atoms with Gasteiger partial charge in [0.05, 0.1) is 0 Å². The molecule has 2 aliphatic heterocycles. The monoisotopic (exact) mass is 279 g/mol. The van der Waals surface area contributed by atoms with Crippen LogP contribution in [0.3, 0.4) is 0 Å². The zero-order chi connectivity index (χ0) is 11.2. The third kappa shape index (κ3) is 1.67. The number of fused-ring (bicyclic) bond motifs is 2. The van der Waals surface area contributed by atoms with E-state index in [1.165, 1.54) is 5.56 Å². The fraction of sp³-hybridized carbons (Fsp3) is 0.462. The van der Waals surface area contributed by atoms with E-state index in [9.17, 15) is 4.79 Å². The van der Waals surface area contributed by atoms with E-state index in [4.69, 9.17) is 0 Å². The molecule has 2 saturated heterocycles. The van der Waals surface area contributed by atoms with Crippen LogP contribution in [0.4, 0.5) is 0 Å². The van der Waals surface area contributed by atoms with E-state index in [1.54, 1.807) is 0 Å². The molecule has 0 radical (unpaired) electrons. The molecule has 2 bridgehead atoms. The van der Waals surface area contributed by atoms with Gasteiger partial charge in [0, 0.05) is 16.9 Å². The fourth-order valence-electron chi connectivity index (χ4n) is 3.02. The second-order valence-electron chi connectivity index (χ2n) is 5.13. The highest BCUT2D eigenvalue weighted by atomic mass is 79.9. The number of carbonyl (C=O) groups excluding carboxylic acids is 1. The maximum atomic E-state index is 11.4. The first-order valence-corrected chi connectivity index (χ1v) is 6.48. The minimum absolute atomic E-state index is 0.260. The molecule has 2 nitrogen and oxygen atoms in total. The summed E-state index contributed by atoms with van der Waals surface area (Å²) in [7, 11) is 0. The van der Waals surface area contributed by atoms with E-state index < -0.39 is 0 Å². The Labute approximate surface area is 104 Å².